The van der Waals surface area contributed by atoms with Crippen molar-refractivity contribution in [1.82, 2.24) is 9.78 Å². The van der Waals surface area contributed by atoms with Crippen molar-refractivity contribution in [1.29, 1.82) is 0 Å². The molecule has 1 aromatic heterocycles. The van der Waals surface area contributed by atoms with Gasteiger partial charge in [-0.25, -0.2) is 4.68 Å². The predicted octanol–water partition coefficient (Wildman–Crippen LogP) is 7.58. The van der Waals surface area contributed by atoms with Gasteiger partial charge in [-0.1, -0.05) is 72.2 Å². The van der Waals surface area contributed by atoms with Gasteiger partial charge in [-0.2, -0.15) is 5.10 Å². The van der Waals surface area contributed by atoms with Gasteiger partial charge < -0.3 is 5.32 Å². The number of Topliss-reactive ketones (excluding diaryl/α,β-unsaturated/α-hetero) is 1. The van der Waals surface area contributed by atoms with Crippen LogP contribution in [-0.4, -0.2) is 15.6 Å². The van der Waals surface area contributed by atoms with Crippen LogP contribution in [0, 0.1) is 6.92 Å². The molecule has 4 nitrogen and oxygen atoms in total. The van der Waals surface area contributed by atoms with E-state index in [1.54, 1.807) is 0 Å². The summed E-state index contributed by atoms with van der Waals surface area (Å²) in [5.74, 6) is 1.02. The average molecular weight is 509 g/mol. The quantitative estimate of drug-likeness (QED) is 0.335. The number of aryl methyl sites for hydroxylation is 1. The zero-order chi connectivity index (χ0) is 23.8. The van der Waals surface area contributed by atoms with Crippen LogP contribution in [-0.2, 0) is 11.0 Å². The number of nitrogens with zero attached hydrogens (tertiary/aromatic N) is 2. The summed E-state index contributed by atoms with van der Waals surface area (Å²) in [4.78, 5) is 13.9. The average Bonchev–Trinajstić information content (AvgIpc) is 3.15. The Morgan fingerprint density at radius 1 is 1.12 bits per heavy atom. The molecule has 1 aliphatic rings. The number of rotatable bonds is 7. The minimum absolute atomic E-state index is 0.143. The van der Waals surface area contributed by atoms with Gasteiger partial charge >= 0.3 is 0 Å². The fraction of sp³-hybridized carbons (Fsp3) is 0.429. The highest BCUT2D eigenvalue weighted by molar-refractivity contribution is 9.10. The lowest BCUT2D eigenvalue weighted by Crippen LogP contribution is -2.38. The number of fused-ring (bicyclic) bond motifs is 1. The molecule has 2 aromatic carbocycles. The molecular weight excluding hydrogens is 474 g/mol. The molecule has 1 N–H and O–H groups in total. The van der Waals surface area contributed by atoms with Gasteiger partial charge in [0.15, 0.2) is 5.78 Å². The molecule has 0 aliphatic carbocycles. The van der Waals surface area contributed by atoms with Gasteiger partial charge in [0.05, 0.1) is 22.8 Å². The Kier molecular flexibility index (Phi) is 6.54. The second-order valence-electron chi connectivity index (χ2n) is 9.94. The molecule has 1 unspecified atom stereocenters. The number of hydrogen-bond acceptors (Lipinski definition) is 3. The second kappa shape index (κ2) is 9.09. The summed E-state index contributed by atoms with van der Waals surface area (Å²) in [6.07, 6.45) is 3.20. The smallest absolute Gasteiger partial charge is 0.169 e. The molecule has 0 fully saturated rings. The van der Waals surface area contributed by atoms with E-state index >= 15 is 0 Å². The van der Waals surface area contributed by atoms with E-state index in [4.69, 9.17) is 5.10 Å². The topological polar surface area (TPSA) is 46.9 Å². The van der Waals surface area contributed by atoms with Crippen molar-refractivity contribution < 1.29 is 4.79 Å². The van der Waals surface area contributed by atoms with E-state index < -0.39 is 0 Å². The number of anilines is 1. The van der Waals surface area contributed by atoms with Crippen molar-refractivity contribution in [3.8, 4) is 0 Å². The van der Waals surface area contributed by atoms with E-state index in [2.05, 4.69) is 97.5 Å². The Morgan fingerprint density at radius 2 is 1.76 bits per heavy atom. The van der Waals surface area contributed by atoms with Crippen LogP contribution in [0.2, 0.25) is 0 Å². The predicted molar refractivity (Wildman–Crippen MR) is 139 cm³/mol. The lowest BCUT2D eigenvalue weighted by atomic mass is 9.71. The monoisotopic (exact) mass is 507 g/mol. The molecule has 0 spiro atoms. The molecule has 1 atom stereocenters. The van der Waals surface area contributed by atoms with Crippen LogP contribution in [0.15, 0.2) is 59.1 Å². The van der Waals surface area contributed by atoms with Gasteiger partial charge in [-0.15, -0.1) is 0 Å². The highest BCUT2D eigenvalue weighted by Gasteiger charge is 2.39. The Bertz CT molecular complexity index is 1130. The summed E-state index contributed by atoms with van der Waals surface area (Å²) in [6, 6.07) is 19.1. The van der Waals surface area contributed by atoms with Gasteiger partial charge in [0, 0.05) is 16.3 Å². The van der Waals surface area contributed by atoms with Crippen molar-refractivity contribution in [2.24, 2.45) is 0 Å². The summed E-state index contributed by atoms with van der Waals surface area (Å²) in [6.45, 7) is 10.8. The third kappa shape index (κ3) is 4.40. The number of nitrogens with one attached hydrogen (secondary N) is 1. The lowest BCUT2D eigenvalue weighted by molar-refractivity contribution is 0.0944. The zero-order valence-electron chi connectivity index (χ0n) is 20.3. The third-order valence-electron chi connectivity index (χ3n) is 7.44. The number of halogens is 1. The first-order valence-electron chi connectivity index (χ1n) is 11.9. The minimum Gasteiger partial charge on any atom is -0.363 e. The first-order valence-corrected chi connectivity index (χ1v) is 12.7. The van der Waals surface area contributed by atoms with Gasteiger partial charge in [0.1, 0.15) is 5.82 Å². The van der Waals surface area contributed by atoms with Gasteiger partial charge in [0.2, 0.25) is 0 Å². The minimum atomic E-state index is -0.192. The highest BCUT2D eigenvalue weighted by Crippen LogP contribution is 2.43. The van der Waals surface area contributed by atoms with E-state index in [1.807, 2.05) is 17.7 Å². The standard InChI is InChI=1S/C28H34BrN3O/c1-6-28(7-2,21-13-15-22(29)16-14-21)18-24(33)25-19(3)31-32-26(25)30-23(17-27(32,4)5)20-11-9-8-10-12-20/h8-16,23,30H,6-7,17-18H2,1-5H3. The van der Waals surface area contributed by atoms with Crippen LogP contribution >= 0.6 is 15.9 Å². The molecule has 5 heteroatoms. The SMILES string of the molecule is CCC(CC)(CC(=O)c1c(C)nn2c1NC(c1ccccc1)CC2(C)C)c1ccc(Br)cc1. The van der Waals surface area contributed by atoms with E-state index in [1.165, 1.54) is 11.1 Å². The Hall–Kier alpha value is -2.40. The van der Waals surface area contributed by atoms with Gasteiger partial charge in [-0.3, -0.25) is 4.79 Å². The van der Waals surface area contributed by atoms with Crippen molar-refractivity contribution in [2.75, 3.05) is 5.32 Å². The molecule has 0 saturated heterocycles. The number of benzene rings is 2. The summed E-state index contributed by atoms with van der Waals surface area (Å²) in [7, 11) is 0. The summed E-state index contributed by atoms with van der Waals surface area (Å²) in [5, 5.41) is 8.53. The van der Waals surface area contributed by atoms with Crippen molar-refractivity contribution >= 4 is 27.5 Å². The van der Waals surface area contributed by atoms with Crippen LogP contribution in [0.25, 0.3) is 0 Å². The molecule has 174 valence electrons. The first kappa shape index (κ1) is 23.7. The molecule has 0 bridgehead atoms. The zero-order valence-corrected chi connectivity index (χ0v) is 21.9. The molecule has 2 heterocycles. The van der Waals surface area contributed by atoms with Crippen molar-refractivity contribution in [3.05, 3.63) is 81.5 Å². The van der Waals surface area contributed by atoms with Gasteiger partial charge in [0.25, 0.3) is 0 Å². The maximum Gasteiger partial charge on any atom is 0.169 e. The lowest BCUT2D eigenvalue weighted by Gasteiger charge is -2.38. The number of ketones is 1. The van der Waals surface area contributed by atoms with Crippen LogP contribution in [0.1, 0.15) is 86.6 Å². The maximum atomic E-state index is 13.9. The number of aromatic nitrogens is 2. The second-order valence-corrected chi connectivity index (χ2v) is 10.9. The Labute approximate surface area is 205 Å². The largest absolute Gasteiger partial charge is 0.363 e. The summed E-state index contributed by atoms with van der Waals surface area (Å²) >= 11 is 3.54. The third-order valence-corrected chi connectivity index (χ3v) is 7.97. The van der Waals surface area contributed by atoms with Crippen LogP contribution in [0.3, 0.4) is 0 Å². The number of hydrogen-bond donors (Lipinski definition) is 1. The van der Waals surface area contributed by atoms with Crippen LogP contribution < -0.4 is 5.32 Å². The Balaban J connectivity index is 1.72. The van der Waals surface area contributed by atoms with E-state index in [0.29, 0.717) is 6.42 Å². The van der Waals surface area contributed by atoms with Crippen LogP contribution in [0.4, 0.5) is 5.82 Å². The molecule has 33 heavy (non-hydrogen) atoms. The van der Waals surface area contributed by atoms with E-state index in [0.717, 1.165) is 40.8 Å². The molecule has 0 radical (unpaired) electrons. The fourth-order valence-electron chi connectivity index (χ4n) is 5.33. The van der Waals surface area contributed by atoms with E-state index in [-0.39, 0.29) is 22.8 Å². The molecule has 0 saturated carbocycles. The summed E-state index contributed by atoms with van der Waals surface area (Å²) < 4.78 is 3.09. The summed E-state index contributed by atoms with van der Waals surface area (Å²) in [5.41, 5.74) is 3.62. The van der Waals surface area contributed by atoms with Crippen molar-refractivity contribution in [2.45, 2.75) is 77.3 Å². The fourth-order valence-corrected chi connectivity index (χ4v) is 5.59. The van der Waals surface area contributed by atoms with Crippen molar-refractivity contribution in [3.63, 3.8) is 0 Å². The molecule has 3 aromatic rings. The number of carbonyl (C=O) groups excluding carboxylic acids is 1. The molecular formula is C28H34BrN3O. The molecule has 4 rings (SSSR count). The van der Waals surface area contributed by atoms with Gasteiger partial charge in [-0.05, 0) is 63.3 Å². The molecule has 1 aliphatic heterocycles. The first-order chi connectivity index (χ1) is 15.7. The molecule has 0 amide bonds. The Morgan fingerprint density at radius 3 is 2.36 bits per heavy atom. The number of carbonyl (C=O) groups is 1. The van der Waals surface area contributed by atoms with Crippen LogP contribution in [0.5, 0.6) is 0 Å². The normalized spacial score (nSPS) is 17.3. The van der Waals surface area contributed by atoms with E-state index in [9.17, 15) is 4.79 Å². The highest BCUT2D eigenvalue weighted by atomic mass is 79.9. The maximum absolute atomic E-state index is 13.9.